The van der Waals surface area contributed by atoms with E-state index in [0.717, 1.165) is 6.07 Å². The number of rotatable bonds is 2. The van der Waals surface area contributed by atoms with Gasteiger partial charge >= 0.3 is 0 Å². The lowest BCUT2D eigenvalue weighted by molar-refractivity contribution is -0.127. The Bertz CT molecular complexity index is 1250. The first kappa shape index (κ1) is 20.5. The predicted molar refractivity (Wildman–Crippen MR) is 117 cm³/mol. The molecule has 3 heterocycles. The van der Waals surface area contributed by atoms with Crippen LogP contribution in [0.15, 0.2) is 49.2 Å². The van der Waals surface area contributed by atoms with Crippen molar-refractivity contribution in [1.29, 1.82) is 0 Å². The van der Waals surface area contributed by atoms with Crippen molar-refractivity contribution < 1.29 is 23.4 Å². The van der Waals surface area contributed by atoms with Gasteiger partial charge in [-0.2, -0.15) is 0 Å². The second-order valence-electron chi connectivity index (χ2n) is 7.68. The zero-order chi connectivity index (χ0) is 22.6. The van der Waals surface area contributed by atoms with Crippen molar-refractivity contribution in [2.45, 2.75) is 11.5 Å². The standard InChI is InChI=1S/C23H18ClF2N3O3/c1-2-19(31)28-9-12-11-32-17-8-27-22-14(23(17)29(12)18(24)10-28)7-6-13(21(22)26)20-15(25)4-3-5-16(20)30/h2-8,12,18,30H,1,9-11H2/t12-,18?/m1/s1. The molecule has 0 bridgehead atoms. The molecule has 0 aliphatic carbocycles. The van der Waals surface area contributed by atoms with E-state index in [1.165, 1.54) is 30.5 Å². The van der Waals surface area contributed by atoms with Gasteiger partial charge in [-0.25, -0.2) is 13.8 Å². The Morgan fingerprint density at radius 2 is 2.09 bits per heavy atom. The van der Waals surface area contributed by atoms with Gasteiger partial charge in [-0.15, -0.1) is 0 Å². The molecule has 9 heteroatoms. The van der Waals surface area contributed by atoms with E-state index >= 15 is 4.39 Å². The van der Waals surface area contributed by atoms with Crippen LogP contribution in [0.2, 0.25) is 0 Å². The van der Waals surface area contributed by atoms with Crippen molar-refractivity contribution in [3.63, 3.8) is 0 Å². The van der Waals surface area contributed by atoms with Gasteiger partial charge in [0.2, 0.25) is 5.91 Å². The number of piperazine rings is 1. The summed E-state index contributed by atoms with van der Waals surface area (Å²) in [4.78, 5) is 19.8. The number of carbonyl (C=O) groups excluding carboxylic acids is 1. The number of hydrogen-bond acceptors (Lipinski definition) is 5. The number of nitrogens with zero attached hydrogens (tertiary/aromatic N) is 3. The molecule has 1 N–H and O–H groups in total. The van der Waals surface area contributed by atoms with Crippen molar-refractivity contribution in [3.8, 4) is 22.6 Å². The van der Waals surface area contributed by atoms with Crippen LogP contribution in [-0.4, -0.2) is 52.1 Å². The highest BCUT2D eigenvalue weighted by Gasteiger charge is 2.40. The van der Waals surface area contributed by atoms with Gasteiger partial charge in [0, 0.05) is 17.5 Å². The fraction of sp³-hybridized carbons (Fsp3) is 0.217. The highest BCUT2D eigenvalue weighted by Crippen LogP contribution is 2.45. The molecule has 2 atom stereocenters. The largest absolute Gasteiger partial charge is 0.507 e. The molecule has 2 aliphatic heterocycles. The minimum atomic E-state index is -0.764. The molecule has 164 valence electrons. The number of alkyl halides is 1. The maximum atomic E-state index is 15.5. The van der Waals surface area contributed by atoms with Crippen LogP contribution in [0.3, 0.4) is 0 Å². The molecule has 3 aromatic rings. The average Bonchev–Trinajstić information content (AvgIpc) is 2.79. The summed E-state index contributed by atoms with van der Waals surface area (Å²) in [7, 11) is 0. The molecule has 32 heavy (non-hydrogen) atoms. The quantitative estimate of drug-likeness (QED) is 0.357. The molecule has 1 fully saturated rings. The van der Waals surface area contributed by atoms with Crippen LogP contribution < -0.4 is 9.64 Å². The van der Waals surface area contributed by atoms with E-state index in [4.69, 9.17) is 16.3 Å². The van der Waals surface area contributed by atoms with Gasteiger partial charge in [0.15, 0.2) is 11.6 Å². The Kier molecular flexibility index (Phi) is 4.89. The Labute approximate surface area is 187 Å². The summed E-state index contributed by atoms with van der Waals surface area (Å²) in [6, 6.07) is 6.56. The van der Waals surface area contributed by atoms with Crippen LogP contribution in [-0.2, 0) is 4.79 Å². The molecule has 0 saturated carbocycles. The number of fused-ring (bicyclic) bond motifs is 5. The number of carbonyl (C=O) groups is 1. The number of halogens is 3. The molecule has 2 aliphatic rings. The number of phenols is 1. The number of anilines is 1. The third-order valence-corrected chi connectivity index (χ3v) is 6.20. The molecule has 0 spiro atoms. The van der Waals surface area contributed by atoms with E-state index in [9.17, 15) is 14.3 Å². The van der Waals surface area contributed by atoms with Gasteiger partial charge in [0.25, 0.3) is 0 Å². The van der Waals surface area contributed by atoms with Crippen molar-refractivity contribution >= 4 is 34.1 Å². The zero-order valence-electron chi connectivity index (χ0n) is 16.8. The Balaban J connectivity index is 1.64. The van der Waals surface area contributed by atoms with E-state index in [2.05, 4.69) is 11.6 Å². The third-order valence-electron chi connectivity index (χ3n) is 5.85. The fourth-order valence-electron chi connectivity index (χ4n) is 4.41. The zero-order valence-corrected chi connectivity index (χ0v) is 17.5. The summed E-state index contributed by atoms with van der Waals surface area (Å²) in [5.41, 5.74) is -0.337. The number of pyridine rings is 1. The lowest BCUT2D eigenvalue weighted by atomic mass is 9.99. The fourth-order valence-corrected chi connectivity index (χ4v) is 4.83. The number of ether oxygens (including phenoxy) is 1. The first-order chi connectivity index (χ1) is 15.4. The molecule has 1 saturated heterocycles. The summed E-state index contributed by atoms with van der Waals surface area (Å²) >= 11 is 6.67. The second-order valence-corrected chi connectivity index (χ2v) is 8.19. The number of aromatic nitrogens is 1. The number of amides is 1. The lowest BCUT2D eigenvalue weighted by Crippen LogP contribution is -2.61. The minimum absolute atomic E-state index is 0.00150. The van der Waals surface area contributed by atoms with Crippen LogP contribution >= 0.6 is 11.6 Å². The van der Waals surface area contributed by atoms with Crippen LogP contribution in [0.4, 0.5) is 14.5 Å². The monoisotopic (exact) mass is 457 g/mol. The van der Waals surface area contributed by atoms with Crippen molar-refractivity contribution in [3.05, 3.63) is 60.8 Å². The van der Waals surface area contributed by atoms with Crippen LogP contribution in [0.5, 0.6) is 11.5 Å². The van der Waals surface area contributed by atoms with Crippen molar-refractivity contribution in [2.75, 3.05) is 24.6 Å². The topological polar surface area (TPSA) is 65.9 Å². The number of benzene rings is 2. The molecule has 1 unspecified atom stereocenters. The highest BCUT2D eigenvalue weighted by atomic mass is 35.5. The van der Waals surface area contributed by atoms with E-state index in [1.54, 1.807) is 11.0 Å². The molecule has 1 amide bonds. The molecular weight excluding hydrogens is 440 g/mol. The van der Waals surface area contributed by atoms with Crippen molar-refractivity contribution in [2.24, 2.45) is 0 Å². The van der Waals surface area contributed by atoms with Gasteiger partial charge < -0.3 is 19.6 Å². The molecule has 5 rings (SSSR count). The SMILES string of the molecule is C=CC(=O)N1CC(Cl)N2c3c(cnc4c(F)c(-c5c(O)cccc5F)ccc34)OC[C@H]2C1. The highest BCUT2D eigenvalue weighted by molar-refractivity contribution is 6.23. The minimum Gasteiger partial charge on any atom is -0.507 e. The molecule has 1 aromatic heterocycles. The van der Waals surface area contributed by atoms with Crippen molar-refractivity contribution in [1.82, 2.24) is 9.88 Å². The van der Waals surface area contributed by atoms with Gasteiger partial charge in [0.05, 0.1) is 30.0 Å². The number of phenolic OH excluding ortho intramolecular Hbond substituents is 1. The van der Waals surface area contributed by atoms with E-state index in [-0.39, 0.29) is 47.5 Å². The molecular formula is C23H18ClF2N3O3. The van der Waals surface area contributed by atoms with Crippen LogP contribution in [0, 0.1) is 11.6 Å². The lowest BCUT2D eigenvalue weighted by Gasteiger charge is -2.48. The van der Waals surface area contributed by atoms with Gasteiger partial charge in [-0.1, -0.05) is 30.3 Å². The first-order valence-electron chi connectivity index (χ1n) is 9.96. The van der Waals surface area contributed by atoms with E-state index in [0.29, 0.717) is 23.4 Å². The van der Waals surface area contributed by atoms with Crippen LogP contribution in [0.25, 0.3) is 22.0 Å². The van der Waals surface area contributed by atoms with Gasteiger partial charge in [0.1, 0.15) is 29.2 Å². The Morgan fingerprint density at radius 1 is 1.28 bits per heavy atom. The van der Waals surface area contributed by atoms with Crippen LogP contribution in [0.1, 0.15) is 0 Å². The predicted octanol–water partition coefficient (Wildman–Crippen LogP) is 4.05. The summed E-state index contributed by atoms with van der Waals surface area (Å²) in [6.45, 7) is 4.44. The summed E-state index contributed by atoms with van der Waals surface area (Å²) < 4.78 is 35.7. The maximum Gasteiger partial charge on any atom is 0.246 e. The summed E-state index contributed by atoms with van der Waals surface area (Å²) in [5, 5.41) is 10.5. The normalized spacial score (nSPS) is 19.8. The summed E-state index contributed by atoms with van der Waals surface area (Å²) in [5.74, 6) is -1.65. The van der Waals surface area contributed by atoms with Gasteiger partial charge in [-0.05, 0) is 24.3 Å². The smallest absolute Gasteiger partial charge is 0.246 e. The van der Waals surface area contributed by atoms with Gasteiger partial charge in [-0.3, -0.25) is 4.79 Å². The molecule has 6 nitrogen and oxygen atoms in total. The molecule has 2 aromatic carbocycles. The average molecular weight is 458 g/mol. The maximum absolute atomic E-state index is 15.5. The molecule has 0 radical (unpaired) electrons. The number of hydrogen-bond donors (Lipinski definition) is 1. The van der Waals surface area contributed by atoms with E-state index < -0.39 is 17.1 Å². The Morgan fingerprint density at radius 3 is 2.84 bits per heavy atom. The third kappa shape index (κ3) is 3.05. The number of aromatic hydroxyl groups is 1. The van der Waals surface area contributed by atoms with E-state index in [1.807, 2.05) is 4.90 Å². The summed E-state index contributed by atoms with van der Waals surface area (Å²) in [6.07, 6.45) is 2.65. The second kappa shape index (κ2) is 7.63. The first-order valence-corrected chi connectivity index (χ1v) is 10.4. The Hall–Kier alpha value is -3.39.